The quantitative estimate of drug-likeness (QED) is 0.827. The molecular weight excluding hydrogens is 220 g/mol. The molecule has 17 heavy (non-hydrogen) atoms. The molecule has 1 heterocycles. The fourth-order valence-electron chi connectivity index (χ4n) is 1.50. The number of hydrogen-bond acceptors (Lipinski definition) is 4. The summed E-state index contributed by atoms with van der Waals surface area (Å²) < 4.78 is 5.12. The highest BCUT2D eigenvalue weighted by Crippen LogP contribution is 2.23. The van der Waals surface area contributed by atoms with Gasteiger partial charge in [-0.15, -0.1) is 0 Å². The van der Waals surface area contributed by atoms with Gasteiger partial charge in [-0.1, -0.05) is 5.16 Å². The normalized spacial score (nSPS) is 18.3. The Hall–Kier alpha value is -1.26. The maximum Gasteiger partial charge on any atom is 0.407 e. The molecule has 0 unspecified atom stereocenters. The third-order valence-corrected chi connectivity index (χ3v) is 2.13. The van der Waals surface area contributed by atoms with Gasteiger partial charge in [0.25, 0.3) is 0 Å². The SMILES string of the molecule is CC(C)(C)OC(=O)NCCC1=NOC(C)(C)C1. The van der Waals surface area contributed by atoms with Crippen LogP contribution in [0.1, 0.15) is 47.5 Å². The predicted molar refractivity (Wildman–Crippen MR) is 66.1 cm³/mol. The van der Waals surface area contributed by atoms with Crippen LogP contribution in [0, 0.1) is 0 Å². The van der Waals surface area contributed by atoms with Crippen molar-refractivity contribution in [3.63, 3.8) is 0 Å². The van der Waals surface area contributed by atoms with Crippen LogP contribution in [0.25, 0.3) is 0 Å². The number of alkyl carbamates (subject to hydrolysis) is 1. The van der Waals surface area contributed by atoms with Crippen LogP contribution < -0.4 is 5.32 Å². The molecule has 1 aliphatic rings. The van der Waals surface area contributed by atoms with Gasteiger partial charge in [-0.2, -0.15) is 0 Å². The monoisotopic (exact) mass is 242 g/mol. The molecule has 1 aliphatic heterocycles. The number of oxime groups is 1. The molecule has 0 aromatic heterocycles. The fraction of sp³-hybridized carbons (Fsp3) is 0.833. The summed E-state index contributed by atoms with van der Waals surface area (Å²) in [6.07, 6.45) is 1.11. The molecule has 0 bridgehead atoms. The van der Waals surface area contributed by atoms with Gasteiger partial charge in [0.15, 0.2) is 0 Å². The fourth-order valence-corrected chi connectivity index (χ4v) is 1.50. The topological polar surface area (TPSA) is 59.9 Å². The number of amides is 1. The lowest BCUT2D eigenvalue weighted by Crippen LogP contribution is -2.33. The van der Waals surface area contributed by atoms with Crippen molar-refractivity contribution < 1.29 is 14.4 Å². The molecular formula is C12H22N2O3. The molecule has 0 spiro atoms. The van der Waals surface area contributed by atoms with Crippen LogP contribution in [-0.2, 0) is 9.57 Å². The molecule has 0 radical (unpaired) electrons. The largest absolute Gasteiger partial charge is 0.444 e. The maximum atomic E-state index is 11.4. The highest BCUT2D eigenvalue weighted by Gasteiger charge is 2.28. The Balaban J connectivity index is 2.19. The van der Waals surface area contributed by atoms with Crippen molar-refractivity contribution in [3.8, 4) is 0 Å². The van der Waals surface area contributed by atoms with Gasteiger partial charge in [0.05, 0.1) is 5.71 Å². The summed E-state index contributed by atoms with van der Waals surface area (Å²) in [6.45, 7) is 10.0. The van der Waals surface area contributed by atoms with Crippen molar-refractivity contribution in [1.82, 2.24) is 5.32 Å². The molecule has 5 nitrogen and oxygen atoms in total. The summed E-state index contributed by atoms with van der Waals surface area (Å²) in [5, 5.41) is 6.68. The number of carbonyl (C=O) groups excluding carboxylic acids is 1. The van der Waals surface area contributed by atoms with E-state index in [9.17, 15) is 4.79 Å². The standard InChI is InChI=1S/C12H22N2O3/c1-11(2,3)16-10(15)13-7-6-9-8-12(4,5)17-14-9/h6-8H2,1-5H3,(H,13,15). The summed E-state index contributed by atoms with van der Waals surface area (Å²) in [6, 6.07) is 0. The first-order chi connectivity index (χ1) is 7.68. The van der Waals surface area contributed by atoms with E-state index in [1.54, 1.807) is 0 Å². The van der Waals surface area contributed by atoms with E-state index in [0.717, 1.165) is 12.1 Å². The Morgan fingerprint density at radius 2 is 2.18 bits per heavy atom. The number of ether oxygens (including phenoxy) is 1. The van der Waals surface area contributed by atoms with Gasteiger partial charge >= 0.3 is 6.09 Å². The Labute approximate surface area is 103 Å². The van der Waals surface area contributed by atoms with E-state index < -0.39 is 11.7 Å². The molecule has 0 atom stereocenters. The molecule has 1 rings (SSSR count). The highest BCUT2D eigenvalue weighted by atomic mass is 16.7. The maximum absolute atomic E-state index is 11.4. The Morgan fingerprint density at radius 1 is 1.53 bits per heavy atom. The van der Waals surface area contributed by atoms with Crippen LogP contribution in [0.3, 0.4) is 0 Å². The third-order valence-electron chi connectivity index (χ3n) is 2.13. The van der Waals surface area contributed by atoms with Gasteiger partial charge in [0.2, 0.25) is 0 Å². The number of nitrogens with one attached hydrogen (secondary N) is 1. The van der Waals surface area contributed by atoms with Crippen LogP contribution in [0.4, 0.5) is 4.79 Å². The Morgan fingerprint density at radius 3 is 2.65 bits per heavy atom. The lowest BCUT2D eigenvalue weighted by atomic mass is 10.0. The van der Waals surface area contributed by atoms with E-state index in [-0.39, 0.29) is 5.60 Å². The minimum absolute atomic E-state index is 0.207. The number of nitrogens with zero attached hydrogens (tertiary/aromatic N) is 1. The lowest BCUT2D eigenvalue weighted by molar-refractivity contribution is 0.0123. The average Bonchev–Trinajstić information content (AvgIpc) is 2.42. The second kappa shape index (κ2) is 4.94. The molecule has 0 saturated heterocycles. The van der Waals surface area contributed by atoms with Gasteiger partial charge in [-0.05, 0) is 34.6 Å². The van der Waals surface area contributed by atoms with Crippen LogP contribution in [-0.4, -0.2) is 29.6 Å². The third kappa shape index (κ3) is 5.56. The van der Waals surface area contributed by atoms with Crippen molar-refractivity contribution >= 4 is 11.8 Å². The van der Waals surface area contributed by atoms with Gasteiger partial charge in [-0.25, -0.2) is 4.79 Å². The van der Waals surface area contributed by atoms with Crippen molar-refractivity contribution in [1.29, 1.82) is 0 Å². The van der Waals surface area contributed by atoms with E-state index in [2.05, 4.69) is 10.5 Å². The summed E-state index contributed by atoms with van der Waals surface area (Å²) in [4.78, 5) is 16.6. The second-order valence-electron chi connectivity index (χ2n) is 5.86. The summed E-state index contributed by atoms with van der Waals surface area (Å²) >= 11 is 0. The summed E-state index contributed by atoms with van der Waals surface area (Å²) in [7, 11) is 0. The smallest absolute Gasteiger partial charge is 0.407 e. The van der Waals surface area contributed by atoms with Crippen molar-refractivity contribution in [2.75, 3.05) is 6.54 Å². The minimum Gasteiger partial charge on any atom is -0.444 e. The van der Waals surface area contributed by atoms with Gasteiger partial charge in [0.1, 0.15) is 11.2 Å². The molecule has 1 amide bonds. The minimum atomic E-state index is -0.458. The van der Waals surface area contributed by atoms with Crippen LogP contribution >= 0.6 is 0 Å². The number of hydrogen-bond donors (Lipinski definition) is 1. The Bertz CT molecular complexity index is 316. The van der Waals surface area contributed by atoms with E-state index in [1.807, 2.05) is 34.6 Å². The van der Waals surface area contributed by atoms with Crippen molar-refractivity contribution in [2.45, 2.75) is 58.7 Å². The first kappa shape index (κ1) is 13.8. The van der Waals surface area contributed by atoms with Gasteiger partial charge in [0, 0.05) is 19.4 Å². The van der Waals surface area contributed by atoms with E-state index in [1.165, 1.54) is 0 Å². The highest BCUT2D eigenvalue weighted by molar-refractivity contribution is 5.86. The molecule has 1 N–H and O–H groups in total. The van der Waals surface area contributed by atoms with Crippen LogP contribution in [0.2, 0.25) is 0 Å². The molecule has 0 fully saturated rings. The van der Waals surface area contributed by atoms with Gasteiger partial charge < -0.3 is 14.9 Å². The second-order valence-corrected chi connectivity index (χ2v) is 5.86. The molecule has 0 aromatic rings. The average molecular weight is 242 g/mol. The number of rotatable bonds is 3. The molecule has 0 aliphatic carbocycles. The lowest BCUT2D eigenvalue weighted by Gasteiger charge is -2.19. The zero-order valence-electron chi connectivity index (χ0n) is 11.3. The van der Waals surface area contributed by atoms with Gasteiger partial charge in [-0.3, -0.25) is 0 Å². The van der Waals surface area contributed by atoms with Crippen molar-refractivity contribution in [2.24, 2.45) is 5.16 Å². The molecule has 0 saturated carbocycles. The van der Waals surface area contributed by atoms with E-state index in [4.69, 9.17) is 9.57 Å². The van der Waals surface area contributed by atoms with E-state index in [0.29, 0.717) is 13.0 Å². The zero-order chi connectivity index (χ0) is 13.1. The van der Waals surface area contributed by atoms with E-state index >= 15 is 0 Å². The molecule has 98 valence electrons. The summed E-state index contributed by atoms with van der Waals surface area (Å²) in [5.74, 6) is 0. The van der Waals surface area contributed by atoms with Crippen LogP contribution in [0.15, 0.2) is 5.16 Å². The first-order valence-electron chi connectivity index (χ1n) is 5.89. The summed E-state index contributed by atoms with van der Waals surface area (Å²) in [5.41, 5.74) is 0.312. The zero-order valence-corrected chi connectivity index (χ0v) is 11.3. The Kier molecular flexibility index (Phi) is 4.01. The first-order valence-corrected chi connectivity index (χ1v) is 5.89. The predicted octanol–water partition coefficient (Wildman–Crippen LogP) is 2.46. The number of carbonyl (C=O) groups is 1. The van der Waals surface area contributed by atoms with Crippen LogP contribution in [0.5, 0.6) is 0 Å². The molecule has 0 aromatic carbocycles. The van der Waals surface area contributed by atoms with Crippen molar-refractivity contribution in [3.05, 3.63) is 0 Å². The molecule has 5 heteroatoms.